The number of thiazole rings is 1. The van der Waals surface area contributed by atoms with Gasteiger partial charge in [0.1, 0.15) is 0 Å². The summed E-state index contributed by atoms with van der Waals surface area (Å²) >= 11 is 1.12. The maximum Gasteiger partial charge on any atom is 0.304 e. The second kappa shape index (κ2) is 5.97. The number of nitrogens with one attached hydrogen (secondary N) is 3. The number of hydrogen-bond acceptors (Lipinski definition) is 4. The van der Waals surface area contributed by atoms with Gasteiger partial charge in [0.2, 0.25) is 5.91 Å². The predicted octanol–water partition coefficient (Wildman–Crippen LogP) is 0.585. The highest BCUT2D eigenvalue weighted by atomic mass is 32.1. The molecule has 2 heterocycles. The molecule has 1 unspecified atom stereocenters. The third-order valence-electron chi connectivity index (χ3n) is 2.90. The van der Waals surface area contributed by atoms with E-state index in [0.717, 1.165) is 42.8 Å². The zero-order valence-electron chi connectivity index (χ0n) is 9.62. The van der Waals surface area contributed by atoms with Crippen molar-refractivity contribution in [2.75, 3.05) is 6.54 Å². The molecule has 94 valence electrons. The number of H-pyrrole nitrogens is 1. The van der Waals surface area contributed by atoms with E-state index in [1.807, 2.05) is 0 Å². The smallest absolute Gasteiger partial charge is 0.304 e. The van der Waals surface area contributed by atoms with Gasteiger partial charge < -0.3 is 15.6 Å². The molecule has 1 aromatic heterocycles. The highest BCUT2D eigenvalue weighted by molar-refractivity contribution is 7.07. The number of rotatable bonds is 3. The minimum atomic E-state index is -0.0816. The molecule has 1 aromatic rings. The summed E-state index contributed by atoms with van der Waals surface area (Å²) < 4.78 is 0. The Morgan fingerprint density at radius 2 is 2.35 bits per heavy atom. The first kappa shape index (κ1) is 12.3. The Kier molecular flexibility index (Phi) is 4.33. The van der Waals surface area contributed by atoms with Gasteiger partial charge in [0.15, 0.2) is 0 Å². The average Bonchev–Trinajstić information content (AvgIpc) is 2.58. The maximum atomic E-state index is 11.9. The van der Waals surface area contributed by atoms with Crippen LogP contribution < -0.4 is 15.5 Å². The topological polar surface area (TPSA) is 74.0 Å². The molecule has 6 heteroatoms. The van der Waals surface area contributed by atoms with Crippen LogP contribution in [0.15, 0.2) is 10.2 Å². The Balaban J connectivity index is 1.81. The molecule has 1 aliphatic heterocycles. The molecule has 2 rings (SSSR count). The van der Waals surface area contributed by atoms with Gasteiger partial charge in [-0.05, 0) is 19.4 Å². The van der Waals surface area contributed by atoms with E-state index < -0.39 is 0 Å². The molecule has 0 aromatic carbocycles. The van der Waals surface area contributed by atoms with E-state index >= 15 is 0 Å². The van der Waals surface area contributed by atoms with Crippen LogP contribution in [-0.2, 0) is 11.3 Å². The number of carbonyl (C=O) groups excluding carboxylic acids is 1. The van der Waals surface area contributed by atoms with E-state index in [9.17, 15) is 9.59 Å². The van der Waals surface area contributed by atoms with Crippen LogP contribution in [0.2, 0.25) is 0 Å². The monoisotopic (exact) mass is 255 g/mol. The molecular formula is C11H17N3O2S. The van der Waals surface area contributed by atoms with Crippen molar-refractivity contribution in [3.05, 3.63) is 20.7 Å². The number of amides is 1. The number of carbonyl (C=O) groups is 1. The van der Waals surface area contributed by atoms with Crippen molar-refractivity contribution in [1.82, 2.24) is 15.6 Å². The fourth-order valence-corrected chi connectivity index (χ4v) is 2.54. The van der Waals surface area contributed by atoms with E-state index in [1.165, 1.54) is 6.42 Å². The van der Waals surface area contributed by atoms with Crippen LogP contribution in [0.25, 0.3) is 0 Å². The predicted molar refractivity (Wildman–Crippen MR) is 67.0 cm³/mol. The van der Waals surface area contributed by atoms with Gasteiger partial charge in [-0.25, -0.2) is 0 Å². The Morgan fingerprint density at radius 3 is 3.12 bits per heavy atom. The lowest BCUT2D eigenvalue weighted by atomic mass is 10.1. The van der Waals surface area contributed by atoms with Crippen LogP contribution in [0.3, 0.4) is 0 Å². The summed E-state index contributed by atoms with van der Waals surface area (Å²) in [6.07, 6.45) is 4.32. The summed E-state index contributed by atoms with van der Waals surface area (Å²) in [5.74, 6) is 0.0268. The van der Waals surface area contributed by atoms with Gasteiger partial charge in [-0.3, -0.25) is 9.59 Å². The molecule has 5 nitrogen and oxygen atoms in total. The first-order chi connectivity index (χ1) is 8.25. The Hall–Kier alpha value is -1.14. The van der Waals surface area contributed by atoms with Gasteiger partial charge in [-0.15, -0.1) is 0 Å². The molecule has 0 bridgehead atoms. The molecule has 1 saturated heterocycles. The fraction of sp³-hybridized carbons (Fsp3) is 0.636. The minimum Gasteiger partial charge on any atom is -0.349 e. The molecular weight excluding hydrogens is 238 g/mol. The van der Waals surface area contributed by atoms with Gasteiger partial charge >= 0.3 is 4.87 Å². The van der Waals surface area contributed by atoms with Crippen molar-refractivity contribution >= 4 is 17.2 Å². The van der Waals surface area contributed by atoms with E-state index in [1.54, 1.807) is 5.38 Å². The minimum absolute atomic E-state index is 0.0268. The highest BCUT2D eigenvalue weighted by Crippen LogP contribution is 2.08. The number of hydrogen-bond donors (Lipinski definition) is 3. The summed E-state index contributed by atoms with van der Waals surface area (Å²) in [6, 6.07) is -0.0807. The largest absolute Gasteiger partial charge is 0.349 e. The molecule has 0 aliphatic carbocycles. The van der Waals surface area contributed by atoms with Gasteiger partial charge in [-0.2, -0.15) is 0 Å². The van der Waals surface area contributed by atoms with Crippen LogP contribution in [-0.4, -0.2) is 23.5 Å². The lowest BCUT2D eigenvalue weighted by molar-refractivity contribution is -0.123. The van der Waals surface area contributed by atoms with Gasteiger partial charge in [0, 0.05) is 11.1 Å². The second-order valence-corrected chi connectivity index (χ2v) is 5.09. The van der Waals surface area contributed by atoms with Crippen molar-refractivity contribution in [3.63, 3.8) is 0 Å². The third-order valence-corrected chi connectivity index (χ3v) is 3.62. The zero-order valence-corrected chi connectivity index (χ0v) is 10.4. The molecule has 0 radical (unpaired) electrons. The molecule has 1 fully saturated rings. The molecule has 1 atom stereocenters. The number of aromatic amines is 1. The van der Waals surface area contributed by atoms with Crippen LogP contribution in [0.1, 0.15) is 31.4 Å². The van der Waals surface area contributed by atoms with E-state index in [-0.39, 0.29) is 16.8 Å². The van der Waals surface area contributed by atoms with Crippen molar-refractivity contribution in [2.45, 2.75) is 38.3 Å². The normalized spacial score (nSPS) is 20.8. The molecule has 1 amide bonds. The lowest BCUT2D eigenvalue weighted by Gasteiger charge is -2.14. The van der Waals surface area contributed by atoms with Gasteiger partial charge in [0.05, 0.1) is 12.6 Å². The van der Waals surface area contributed by atoms with Crippen LogP contribution in [0, 0.1) is 0 Å². The van der Waals surface area contributed by atoms with Crippen LogP contribution in [0.5, 0.6) is 0 Å². The van der Waals surface area contributed by atoms with E-state index in [4.69, 9.17) is 0 Å². The maximum absolute atomic E-state index is 11.9. The van der Waals surface area contributed by atoms with Crippen molar-refractivity contribution in [2.24, 2.45) is 0 Å². The highest BCUT2D eigenvalue weighted by Gasteiger charge is 2.18. The Morgan fingerprint density at radius 1 is 1.47 bits per heavy atom. The second-order valence-electron chi connectivity index (χ2n) is 4.25. The Bertz CT molecular complexity index is 418. The third kappa shape index (κ3) is 3.67. The quantitative estimate of drug-likeness (QED) is 0.740. The average molecular weight is 255 g/mol. The van der Waals surface area contributed by atoms with Crippen molar-refractivity contribution < 1.29 is 4.79 Å². The first-order valence-electron chi connectivity index (χ1n) is 5.93. The van der Waals surface area contributed by atoms with Crippen LogP contribution >= 0.6 is 11.3 Å². The van der Waals surface area contributed by atoms with Gasteiger partial charge in [-0.1, -0.05) is 24.2 Å². The summed E-state index contributed by atoms with van der Waals surface area (Å²) in [6.45, 7) is 1.31. The van der Waals surface area contributed by atoms with E-state index in [0.29, 0.717) is 6.54 Å². The molecule has 17 heavy (non-hydrogen) atoms. The van der Waals surface area contributed by atoms with Crippen LogP contribution in [0.4, 0.5) is 0 Å². The van der Waals surface area contributed by atoms with Crippen molar-refractivity contribution in [3.8, 4) is 0 Å². The summed E-state index contributed by atoms with van der Waals surface area (Å²) in [5.41, 5.74) is 0.766. The van der Waals surface area contributed by atoms with Gasteiger partial charge in [0.25, 0.3) is 0 Å². The molecule has 0 spiro atoms. The van der Waals surface area contributed by atoms with Crippen molar-refractivity contribution in [1.29, 1.82) is 0 Å². The fourth-order valence-electron chi connectivity index (χ4n) is 1.96. The number of aromatic nitrogens is 1. The van der Waals surface area contributed by atoms with E-state index in [2.05, 4.69) is 15.6 Å². The summed E-state index contributed by atoms with van der Waals surface area (Å²) in [5, 5.41) is 7.83. The summed E-state index contributed by atoms with van der Waals surface area (Å²) in [4.78, 5) is 25.4. The first-order valence-corrected chi connectivity index (χ1v) is 6.81. The molecule has 3 N–H and O–H groups in total. The molecule has 0 saturated carbocycles. The zero-order chi connectivity index (χ0) is 12.1. The summed E-state index contributed by atoms with van der Waals surface area (Å²) in [7, 11) is 0. The SMILES string of the molecule is O=C(NCc1csc(=O)[nH]1)C1CCCCCN1. The molecule has 1 aliphatic rings. The standard InChI is InChI=1S/C11H17N3O2S/c15-10(9-4-2-1-3-5-12-9)13-6-8-7-17-11(16)14-8/h7,9,12H,1-6H2,(H,13,15)(H,14,16). The Labute approximate surface area is 104 Å². The lowest BCUT2D eigenvalue weighted by Crippen LogP contribution is -2.43.